The molecule has 0 aliphatic heterocycles. The highest BCUT2D eigenvalue weighted by atomic mass is 16.3. The Balaban J connectivity index is 1.16. The van der Waals surface area contributed by atoms with Gasteiger partial charge in [-0.05, 0) is 117 Å². The van der Waals surface area contributed by atoms with Gasteiger partial charge < -0.3 is 9.32 Å². The minimum Gasteiger partial charge on any atom is -0.454 e. The van der Waals surface area contributed by atoms with E-state index in [0.717, 1.165) is 57.4 Å². The average Bonchev–Trinajstić information content (AvgIpc) is 3.67. The van der Waals surface area contributed by atoms with E-state index in [1.807, 2.05) is 6.07 Å². The van der Waals surface area contributed by atoms with Gasteiger partial charge in [0.15, 0.2) is 5.58 Å². The predicted octanol–water partition coefficient (Wildman–Crippen LogP) is 15.5. The zero-order valence-electron chi connectivity index (χ0n) is 31.0. The van der Waals surface area contributed by atoms with E-state index in [1.165, 1.54) is 50.1 Å². The first-order valence-corrected chi connectivity index (χ1v) is 19.4. The van der Waals surface area contributed by atoms with Gasteiger partial charge in [0, 0.05) is 22.1 Å². The van der Waals surface area contributed by atoms with E-state index in [2.05, 4.69) is 211 Å². The molecule has 1 aliphatic carbocycles. The lowest BCUT2D eigenvalue weighted by Gasteiger charge is -2.26. The molecule has 0 radical (unpaired) electrons. The van der Waals surface area contributed by atoms with Crippen LogP contribution in [0.15, 0.2) is 217 Å². The van der Waals surface area contributed by atoms with E-state index in [-0.39, 0.29) is 0 Å². The lowest BCUT2D eigenvalue weighted by atomic mass is 9.84. The molecule has 0 N–H and O–H groups in total. The van der Waals surface area contributed by atoms with Crippen molar-refractivity contribution in [1.82, 2.24) is 0 Å². The number of benzene rings is 8. The lowest BCUT2D eigenvalue weighted by Crippen LogP contribution is -2.10. The molecule has 0 fully saturated rings. The Morgan fingerprint density at radius 1 is 0.429 bits per heavy atom. The fourth-order valence-corrected chi connectivity index (χ4v) is 8.22. The van der Waals surface area contributed by atoms with Crippen LogP contribution in [0.2, 0.25) is 0 Å². The minimum atomic E-state index is 0.871. The number of para-hydroxylation sites is 2. The predicted molar refractivity (Wildman–Crippen MR) is 236 cm³/mol. The molecular formula is C54H39NO. The van der Waals surface area contributed by atoms with Crippen LogP contribution in [0.5, 0.6) is 0 Å². The van der Waals surface area contributed by atoms with Gasteiger partial charge in [-0.1, -0.05) is 164 Å². The Morgan fingerprint density at radius 3 is 1.59 bits per heavy atom. The van der Waals surface area contributed by atoms with Crippen LogP contribution in [0.4, 0.5) is 17.1 Å². The summed E-state index contributed by atoms with van der Waals surface area (Å²) in [5, 5.41) is 2.22. The second kappa shape index (κ2) is 14.6. The maximum atomic E-state index is 6.64. The van der Waals surface area contributed by atoms with Crippen LogP contribution >= 0.6 is 0 Å². The second-order valence-corrected chi connectivity index (χ2v) is 14.4. The van der Waals surface area contributed by atoms with E-state index in [4.69, 9.17) is 4.42 Å². The average molecular weight is 718 g/mol. The molecule has 0 saturated carbocycles. The molecule has 0 saturated heterocycles. The Kier molecular flexibility index (Phi) is 8.70. The molecule has 56 heavy (non-hydrogen) atoms. The van der Waals surface area contributed by atoms with Crippen molar-refractivity contribution in [1.29, 1.82) is 0 Å². The van der Waals surface area contributed by atoms with Gasteiger partial charge in [0.05, 0.1) is 5.69 Å². The van der Waals surface area contributed by atoms with Crippen molar-refractivity contribution < 1.29 is 4.42 Å². The largest absolute Gasteiger partial charge is 0.454 e. The van der Waals surface area contributed by atoms with Crippen LogP contribution in [-0.2, 0) is 0 Å². The van der Waals surface area contributed by atoms with Gasteiger partial charge in [0.2, 0.25) is 0 Å². The molecule has 10 rings (SSSR count). The smallest absolute Gasteiger partial charge is 0.159 e. The molecule has 0 amide bonds. The van der Waals surface area contributed by atoms with Crippen molar-refractivity contribution in [3.05, 3.63) is 218 Å². The molecule has 2 nitrogen and oxygen atoms in total. The second-order valence-electron chi connectivity index (χ2n) is 14.4. The normalized spacial score (nSPS) is 12.5. The van der Waals surface area contributed by atoms with Crippen molar-refractivity contribution in [2.75, 3.05) is 4.90 Å². The van der Waals surface area contributed by atoms with Crippen LogP contribution < -0.4 is 4.90 Å². The van der Waals surface area contributed by atoms with Gasteiger partial charge in [-0.3, -0.25) is 0 Å². The molecule has 0 unspecified atom stereocenters. The van der Waals surface area contributed by atoms with E-state index in [9.17, 15) is 0 Å². The molecule has 1 aromatic heterocycles. The Morgan fingerprint density at radius 2 is 0.982 bits per heavy atom. The molecule has 8 aromatic carbocycles. The topological polar surface area (TPSA) is 16.4 Å². The number of hydrogen-bond acceptors (Lipinski definition) is 2. The fraction of sp³-hybridized carbons (Fsp3) is 0.0370. The molecular weight excluding hydrogens is 679 g/mol. The van der Waals surface area contributed by atoms with Crippen LogP contribution in [0.25, 0.3) is 72.0 Å². The number of allylic oxidation sites excluding steroid dienone is 4. The Hall–Kier alpha value is -7.16. The van der Waals surface area contributed by atoms with Gasteiger partial charge in [-0.15, -0.1) is 0 Å². The molecule has 1 heterocycles. The van der Waals surface area contributed by atoms with Crippen LogP contribution in [-0.4, -0.2) is 0 Å². The van der Waals surface area contributed by atoms with Crippen LogP contribution in [0.1, 0.15) is 18.4 Å². The van der Waals surface area contributed by atoms with Crippen molar-refractivity contribution >= 4 is 44.6 Å². The molecule has 0 spiro atoms. The molecule has 1 aliphatic rings. The third kappa shape index (κ3) is 6.22. The standard InChI is InChI=1S/C54H39NO/c1-5-16-38(17-6-1)40-28-32-45(33-29-40)55(51-26-15-25-48-47-24-13-14-27-52(47)56-54(48)51)46-34-30-43(31-35-46)53-49(41-20-9-3-10-21-41)36-44(39-18-7-2-8-19-39)37-50(53)42-22-11-4-12-23-42/h1-5,7-16,18-37H,6,17H2. The highest BCUT2D eigenvalue weighted by Gasteiger charge is 2.21. The maximum absolute atomic E-state index is 6.64. The Labute approximate surface area is 327 Å². The summed E-state index contributed by atoms with van der Waals surface area (Å²) < 4.78 is 6.64. The summed E-state index contributed by atoms with van der Waals surface area (Å²) >= 11 is 0. The molecule has 0 bridgehead atoms. The number of anilines is 3. The number of fused-ring (bicyclic) bond motifs is 3. The molecule has 0 atom stereocenters. The monoisotopic (exact) mass is 717 g/mol. The summed E-state index contributed by atoms with van der Waals surface area (Å²) in [7, 11) is 0. The fourth-order valence-electron chi connectivity index (χ4n) is 8.22. The number of rotatable bonds is 8. The Bertz CT molecular complexity index is 2800. The highest BCUT2D eigenvalue weighted by Crippen LogP contribution is 2.46. The van der Waals surface area contributed by atoms with E-state index >= 15 is 0 Å². The number of furan rings is 1. The third-order valence-electron chi connectivity index (χ3n) is 11.0. The van der Waals surface area contributed by atoms with Gasteiger partial charge in [0.1, 0.15) is 5.58 Å². The maximum Gasteiger partial charge on any atom is 0.159 e. The van der Waals surface area contributed by atoms with Crippen LogP contribution in [0, 0.1) is 0 Å². The third-order valence-corrected chi connectivity index (χ3v) is 11.0. The van der Waals surface area contributed by atoms with Gasteiger partial charge in [-0.2, -0.15) is 0 Å². The summed E-state index contributed by atoms with van der Waals surface area (Å²) in [5.41, 5.74) is 17.0. The molecule has 9 aromatic rings. The summed E-state index contributed by atoms with van der Waals surface area (Å²) in [5.74, 6) is 0. The van der Waals surface area contributed by atoms with E-state index < -0.39 is 0 Å². The quantitative estimate of drug-likeness (QED) is 0.156. The van der Waals surface area contributed by atoms with Gasteiger partial charge >= 0.3 is 0 Å². The SMILES string of the molecule is C1=CCCC(c2ccc(N(c3ccc(-c4c(-c5ccccc5)cc(-c5ccccc5)cc4-c4ccccc4)cc3)c3cccc4c3oc3ccccc34)cc2)=C1. The number of nitrogens with zero attached hydrogens (tertiary/aromatic N) is 1. The highest BCUT2D eigenvalue weighted by molar-refractivity contribution is 6.10. The lowest BCUT2D eigenvalue weighted by molar-refractivity contribution is 0.669. The van der Waals surface area contributed by atoms with E-state index in [0.29, 0.717) is 0 Å². The number of hydrogen-bond donors (Lipinski definition) is 0. The molecule has 2 heteroatoms. The van der Waals surface area contributed by atoms with Crippen molar-refractivity contribution in [2.24, 2.45) is 0 Å². The van der Waals surface area contributed by atoms with Gasteiger partial charge in [-0.25, -0.2) is 0 Å². The minimum absolute atomic E-state index is 0.871. The summed E-state index contributed by atoms with van der Waals surface area (Å²) in [6.07, 6.45) is 8.78. The first-order valence-electron chi connectivity index (χ1n) is 19.4. The van der Waals surface area contributed by atoms with Crippen molar-refractivity contribution in [3.63, 3.8) is 0 Å². The molecule has 266 valence electrons. The zero-order valence-corrected chi connectivity index (χ0v) is 31.0. The summed E-state index contributed by atoms with van der Waals surface area (Å²) in [4.78, 5) is 2.34. The zero-order chi connectivity index (χ0) is 37.3. The summed E-state index contributed by atoms with van der Waals surface area (Å²) in [6, 6.07) is 69.8. The van der Waals surface area contributed by atoms with Crippen molar-refractivity contribution in [3.8, 4) is 44.5 Å². The first-order chi connectivity index (χ1) is 27.8. The summed E-state index contributed by atoms with van der Waals surface area (Å²) in [6.45, 7) is 0. The van der Waals surface area contributed by atoms with Crippen molar-refractivity contribution in [2.45, 2.75) is 12.8 Å². The van der Waals surface area contributed by atoms with Crippen LogP contribution in [0.3, 0.4) is 0 Å². The first kappa shape index (κ1) is 33.4. The van der Waals surface area contributed by atoms with E-state index in [1.54, 1.807) is 0 Å². The van der Waals surface area contributed by atoms with Gasteiger partial charge in [0.25, 0.3) is 0 Å².